The topological polar surface area (TPSA) is 55.4 Å². The Balaban J connectivity index is 4.66. The summed E-state index contributed by atoms with van der Waals surface area (Å²) >= 11 is 0. The lowest BCUT2D eigenvalue weighted by Crippen LogP contribution is -2.47. The number of rotatable bonds is 6. The molecule has 1 N–H and O–H groups in total. The van der Waals surface area contributed by atoms with Gasteiger partial charge in [-0.15, -0.1) is 0 Å². The van der Waals surface area contributed by atoms with Gasteiger partial charge in [0.25, 0.3) is 0 Å². The Morgan fingerprint density at radius 2 is 1.75 bits per heavy atom. The fourth-order valence-electron chi connectivity index (χ4n) is 1.42. The molecule has 0 aliphatic rings. The molecule has 4 nitrogen and oxygen atoms in total. The highest BCUT2D eigenvalue weighted by Gasteiger charge is 2.28. The van der Waals surface area contributed by atoms with E-state index in [-0.39, 0.29) is 17.6 Å². The predicted octanol–water partition coefficient (Wildman–Crippen LogP) is 2.37. The highest BCUT2D eigenvalue weighted by atomic mass is 16.5. The fraction of sp³-hybridized carbons (Fsp3) is 0.833. The van der Waals surface area contributed by atoms with Gasteiger partial charge in [0.1, 0.15) is 0 Å². The largest absolute Gasteiger partial charge is 0.453 e. The van der Waals surface area contributed by atoms with Crippen LogP contribution in [0.15, 0.2) is 0 Å². The van der Waals surface area contributed by atoms with Crippen LogP contribution in [0.2, 0.25) is 0 Å². The molecule has 0 heterocycles. The van der Waals surface area contributed by atoms with Gasteiger partial charge in [0.05, 0.1) is 13.2 Å². The van der Waals surface area contributed by atoms with Crippen molar-refractivity contribution in [3.05, 3.63) is 0 Å². The maximum atomic E-state index is 12.1. The minimum absolute atomic E-state index is 0.0313. The van der Waals surface area contributed by atoms with E-state index in [1.165, 1.54) is 7.11 Å². The van der Waals surface area contributed by atoms with Crippen molar-refractivity contribution in [1.82, 2.24) is 5.32 Å². The van der Waals surface area contributed by atoms with Crippen LogP contribution < -0.4 is 5.32 Å². The van der Waals surface area contributed by atoms with Crippen LogP contribution in [0, 0.1) is 11.8 Å². The second-order valence-corrected chi connectivity index (χ2v) is 4.21. The predicted molar refractivity (Wildman–Crippen MR) is 63.2 cm³/mol. The molecule has 1 unspecified atom stereocenters. The van der Waals surface area contributed by atoms with Crippen molar-refractivity contribution in [2.24, 2.45) is 11.8 Å². The Hall–Kier alpha value is -1.06. The summed E-state index contributed by atoms with van der Waals surface area (Å²) in [6.45, 7) is 7.81. The molecule has 0 saturated heterocycles. The summed E-state index contributed by atoms with van der Waals surface area (Å²) in [5.41, 5.74) is 0. The average Bonchev–Trinajstić information content (AvgIpc) is 2.32. The van der Waals surface area contributed by atoms with E-state index in [0.717, 1.165) is 12.8 Å². The molecule has 3 atom stereocenters. The van der Waals surface area contributed by atoms with E-state index in [2.05, 4.69) is 10.1 Å². The van der Waals surface area contributed by atoms with Crippen molar-refractivity contribution in [1.29, 1.82) is 0 Å². The van der Waals surface area contributed by atoms with E-state index >= 15 is 0 Å². The van der Waals surface area contributed by atoms with E-state index in [4.69, 9.17) is 0 Å². The summed E-state index contributed by atoms with van der Waals surface area (Å²) < 4.78 is 4.54. The Kier molecular flexibility index (Phi) is 6.77. The second kappa shape index (κ2) is 7.25. The zero-order chi connectivity index (χ0) is 12.7. The number of alkyl carbamates (subject to hydrolysis) is 1. The number of hydrogen-bond acceptors (Lipinski definition) is 3. The van der Waals surface area contributed by atoms with Gasteiger partial charge in [-0.3, -0.25) is 4.79 Å². The van der Waals surface area contributed by atoms with Crippen LogP contribution in [0.25, 0.3) is 0 Å². The highest BCUT2D eigenvalue weighted by molar-refractivity contribution is 5.89. The first-order valence-corrected chi connectivity index (χ1v) is 5.86. The smallest absolute Gasteiger partial charge is 0.407 e. The monoisotopic (exact) mass is 229 g/mol. The molecule has 16 heavy (non-hydrogen) atoms. The van der Waals surface area contributed by atoms with E-state index in [1.54, 1.807) is 0 Å². The molecule has 0 aromatic rings. The van der Waals surface area contributed by atoms with Gasteiger partial charge in [0.15, 0.2) is 5.78 Å². The van der Waals surface area contributed by atoms with E-state index in [0.29, 0.717) is 0 Å². The minimum Gasteiger partial charge on any atom is -0.453 e. The third-order valence-corrected chi connectivity index (χ3v) is 3.08. The quantitative estimate of drug-likeness (QED) is 0.760. The number of carbonyl (C=O) groups is 2. The van der Waals surface area contributed by atoms with Crippen molar-refractivity contribution >= 4 is 11.9 Å². The summed E-state index contributed by atoms with van der Waals surface area (Å²) in [6, 6.07) is -0.438. The van der Waals surface area contributed by atoms with E-state index in [1.807, 2.05) is 27.7 Å². The maximum Gasteiger partial charge on any atom is 0.407 e. The third-order valence-electron chi connectivity index (χ3n) is 3.08. The number of ether oxygens (including phenoxy) is 1. The van der Waals surface area contributed by atoms with Gasteiger partial charge < -0.3 is 10.1 Å². The molecular formula is C12H23NO3. The standard InChI is InChI=1S/C12H23NO3/c1-6-8(3)10(13-12(15)16-5)11(14)9(4)7-2/h8-10H,6-7H2,1-5H3,(H,13,15)/t8-,9?,10-/m0/s1. The fourth-order valence-corrected chi connectivity index (χ4v) is 1.42. The number of methoxy groups -OCH3 is 1. The number of hydrogen-bond donors (Lipinski definition) is 1. The van der Waals surface area contributed by atoms with Gasteiger partial charge in [0.2, 0.25) is 0 Å². The first kappa shape index (κ1) is 14.9. The molecule has 0 bridgehead atoms. The SMILES string of the molecule is CCC(C)C(=O)[C@@H](NC(=O)OC)[C@@H](C)CC. The number of ketones is 1. The first-order chi connectivity index (χ1) is 7.47. The van der Waals surface area contributed by atoms with Crippen molar-refractivity contribution in [3.63, 3.8) is 0 Å². The molecule has 0 aromatic heterocycles. The molecule has 4 heteroatoms. The van der Waals surface area contributed by atoms with Crippen LogP contribution in [0.5, 0.6) is 0 Å². The molecule has 0 radical (unpaired) electrons. The lowest BCUT2D eigenvalue weighted by Gasteiger charge is -2.24. The molecule has 94 valence electrons. The lowest BCUT2D eigenvalue weighted by molar-refractivity contribution is -0.125. The van der Waals surface area contributed by atoms with Gasteiger partial charge in [-0.1, -0.05) is 34.1 Å². The Morgan fingerprint density at radius 3 is 2.12 bits per heavy atom. The molecule has 0 saturated carbocycles. The highest BCUT2D eigenvalue weighted by Crippen LogP contribution is 2.15. The van der Waals surface area contributed by atoms with Crippen molar-refractivity contribution < 1.29 is 14.3 Å². The molecule has 0 spiro atoms. The Bertz CT molecular complexity index is 240. The maximum absolute atomic E-state index is 12.1. The number of Topliss-reactive ketones (excluding diaryl/α,β-unsaturated/α-hetero) is 1. The first-order valence-electron chi connectivity index (χ1n) is 5.86. The van der Waals surface area contributed by atoms with Crippen LogP contribution in [0.4, 0.5) is 4.79 Å². The van der Waals surface area contributed by atoms with Gasteiger partial charge in [0, 0.05) is 5.92 Å². The van der Waals surface area contributed by atoms with E-state index < -0.39 is 12.1 Å². The molecule has 0 aromatic carbocycles. The number of nitrogens with one attached hydrogen (secondary N) is 1. The summed E-state index contributed by atoms with van der Waals surface area (Å²) in [6.07, 6.45) is 1.09. The van der Waals surface area contributed by atoms with E-state index in [9.17, 15) is 9.59 Å². The summed E-state index contributed by atoms with van der Waals surface area (Å²) in [7, 11) is 1.30. The molecule has 1 amide bonds. The summed E-state index contributed by atoms with van der Waals surface area (Å²) in [4.78, 5) is 23.2. The van der Waals surface area contributed by atoms with Crippen LogP contribution in [0.3, 0.4) is 0 Å². The number of amides is 1. The lowest BCUT2D eigenvalue weighted by atomic mass is 9.88. The van der Waals surface area contributed by atoms with Gasteiger partial charge in [-0.2, -0.15) is 0 Å². The summed E-state index contributed by atoms with van der Waals surface area (Å²) in [5.74, 6) is 0.180. The van der Waals surface area contributed by atoms with Crippen LogP contribution in [-0.2, 0) is 9.53 Å². The molecule has 0 aliphatic carbocycles. The van der Waals surface area contributed by atoms with Gasteiger partial charge >= 0.3 is 6.09 Å². The molecule has 0 rings (SSSR count). The molecule has 0 aliphatic heterocycles. The van der Waals surface area contributed by atoms with Crippen molar-refractivity contribution in [2.75, 3.05) is 7.11 Å². The second-order valence-electron chi connectivity index (χ2n) is 4.21. The normalized spacial score (nSPS) is 16.1. The molecular weight excluding hydrogens is 206 g/mol. The van der Waals surface area contributed by atoms with Crippen molar-refractivity contribution in [3.8, 4) is 0 Å². The number of carbonyl (C=O) groups excluding carboxylic acids is 2. The van der Waals surface area contributed by atoms with Gasteiger partial charge in [-0.25, -0.2) is 4.79 Å². The van der Waals surface area contributed by atoms with Gasteiger partial charge in [-0.05, 0) is 12.3 Å². The Labute approximate surface area is 97.7 Å². The molecule has 0 fully saturated rings. The Morgan fingerprint density at radius 1 is 1.19 bits per heavy atom. The summed E-state index contributed by atoms with van der Waals surface area (Å²) in [5, 5.41) is 2.62. The zero-order valence-corrected chi connectivity index (χ0v) is 10.9. The third kappa shape index (κ3) is 4.21. The van der Waals surface area contributed by atoms with Crippen molar-refractivity contribution in [2.45, 2.75) is 46.6 Å². The minimum atomic E-state index is -0.540. The zero-order valence-electron chi connectivity index (χ0n) is 10.9. The van der Waals surface area contributed by atoms with Crippen LogP contribution in [0.1, 0.15) is 40.5 Å². The average molecular weight is 229 g/mol. The van der Waals surface area contributed by atoms with Crippen LogP contribution in [-0.4, -0.2) is 25.0 Å². The van der Waals surface area contributed by atoms with Crippen LogP contribution >= 0.6 is 0 Å².